The van der Waals surface area contributed by atoms with Crippen LogP contribution in [-0.2, 0) is 0 Å². The zero-order valence-corrected chi connectivity index (χ0v) is 10.9. The van der Waals surface area contributed by atoms with Crippen molar-refractivity contribution in [3.63, 3.8) is 0 Å². The first-order valence-electron chi connectivity index (χ1n) is 5.55. The number of benzene rings is 2. The second kappa shape index (κ2) is 6.77. The lowest BCUT2D eigenvalue weighted by Gasteiger charge is -2.09. The van der Waals surface area contributed by atoms with Gasteiger partial charge in [0.2, 0.25) is 0 Å². The van der Waals surface area contributed by atoms with Gasteiger partial charge in [-0.1, -0.05) is 12.1 Å². The van der Waals surface area contributed by atoms with Crippen molar-refractivity contribution in [3.05, 3.63) is 48.5 Å². The van der Waals surface area contributed by atoms with E-state index in [9.17, 15) is 0 Å². The van der Waals surface area contributed by atoms with Gasteiger partial charge in [-0.2, -0.15) is 0 Å². The Bertz CT molecular complexity index is 485. The second-order valence-corrected chi connectivity index (χ2v) is 3.54. The van der Waals surface area contributed by atoms with Crippen molar-refractivity contribution in [1.82, 2.24) is 0 Å². The van der Waals surface area contributed by atoms with Crippen LogP contribution in [0.25, 0.3) is 0 Å². The fourth-order valence-electron chi connectivity index (χ4n) is 1.47. The van der Waals surface area contributed by atoms with Crippen molar-refractivity contribution >= 4 is 18.1 Å². The van der Waals surface area contributed by atoms with E-state index in [4.69, 9.17) is 15.2 Å². The number of halogens is 1. The minimum atomic E-state index is 0. The molecule has 4 heteroatoms. The van der Waals surface area contributed by atoms with Gasteiger partial charge in [0.25, 0.3) is 0 Å². The molecule has 0 fully saturated rings. The van der Waals surface area contributed by atoms with Gasteiger partial charge < -0.3 is 15.2 Å². The molecule has 0 radical (unpaired) electrons. The van der Waals surface area contributed by atoms with Gasteiger partial charge in [-0.3, -0.25) is 0 Å². The standard InChI is InChI=1S/C14H15NO2.ClH/c1-2-16-11-7-9-12(10-8-11)17-14-6-4-3-5-13(14)15;/h3-10H,2,15H2,1H3;1H. The van der Waals surface area contributed by atoms with Crippen molar-refractivity contribution in [2.75, 3.05) is 12.3 Å². The maximum atomic E-state index is 5.80. The molecule has 0 amide bonds. The summed E-state index contributed by atoms with van der Waals surface area (Å²) >= 11 is 0. The van der Waals surface area contributed by atoms with E-state index in [0.29, 0.717) is 18.0 Å². The third kappa shape index (κ3) is 3.57. The Morgan fingerprint density at radius 2 is 1.56 bits per heavy atom. The smallest absolute Gasteiger partial charge is 0.150 e. The lowest BCUT2D eigenvalue weighted by atomic mass is 10.3. The number of nitrogens with two attached hydrogens (primary N) is 1. The van der Waals surface area contributed by atoms with Crippen molar-refractivity contribution in [1.29, 1.82) is 0 Å². The molecule has 0 bridgehead atoms. The molecular weight excluding hydrogens is 250 g/mol. The molecule has 0 saturated carbocycles. The first kappa shape index (κ1) is 14.2. The van der Waals surface area contributed by atoms with Gasteiger partial charge in [-0.15, -0.1) is 12.4 Å². The van der Waals surface area contributed by atoms with Gasteiger partial charge in [0.05, 0.1) is 12.3 Å². The summed E-state index contributed by atoms with van der Waals surface area (Å²) in [7, 11) is 0. The fraction of sp³-hybridized carbons (Fsp3) is 0.143. The number of para-hydroxylation sites is 2. The number of nitrogen functional groups attached to an aromatic ring is 1. The minimum Gasteiger partial charge on any atom is -0.494 e. The van der Waals surface area contributed by atoms with Gasteiger partial charge in [-0.05, 0) is 43.3 Å². The molecule has 0 spiro atoms. The van der Waals surface area contributed by atoms with E-state index in [1.54, 1.807) is 0 Å². The van der Waals surface area contributed by atoms with Crippen LogP contribution in [-0.4, -0.2) is 6.61 Å². The summed E-state index contributed by atoms with van der Waals surface area (Å²) in [5.74, 6) is 2.24. The monoisotopic (exact) mass is 265 g/mol. The summed E-state index contributed by atoms with van der Waals surface area (Å²) in [6, 6.07) is 14.9. The van der Waals surface area contributed by atoms with E-state index in [0.717, 1.165) is 11.5 Å². The average molecular weight is 266 g/mol. The molecule has 0 aliphatic carbocycles. The van der Waals surface area contributed by atoms with Gasteiger partial charge in [0.15, 0.2) is 0 Å². The van der Waals surface area contributed by atoms with E-state index in [-0.39, 0.29) is 12.4 Å². The Morgan fingerprint density at radius 3 is 2.17 bits per heavy atom. The molecule has 0 aromatic heterocycles. The molecule has 0 saturated heterocycles. The summed E-state index contributed by atoms with van der Waals surface area (Å²) in [5, 5.41) is 0. The van der Waals surface area contributed by atoms with Crippen LogP contribution >= 0.6 is 12.4 Å². The van der Waals surface area contributed by atoms with Crippen molar-refractivity contribution < 1.29 is 9.47 Å². The Hall–Kier alpha value is -1.87. The highest BCUT2D eigenvalue weighted by molar-refractivity contribution is 5.85. The van der Waals surface area contributed by atoms with Gasteiger partial charge in [0.1, 0.15) is 17.2 Å². The third-order valence-electron chi connectivity index (χ3n) is 2.28. The minimum absolute atomic E-state index is 0. The highest BCUT2D eigenvalue weighted by Gasteiger charge is 2.01. The van der Waals surface area contributed by atoms with E-state index in [1.807, 2.05) is 55.5 Å². The lowest BCUT2D eigenvalue weighted by molar-refractivity contribution is 0.339. The summed E-state index contributed by atoms with van der Waals surface area (Å²) < 4.78 is 11.0. The molecule has 3 nitrogen and oxygen atoms in total. The van der Waals surface area contributed by atoms with E-state index < -0.39 is 0 Å². The molecule has 0 aliphatic rings. The quantitative estimate of drug-likeness (QED) is 0.853. The van der Waals surface area contributed by atoms with Crippen LogP contribution in [0.15, 0.2) is 48.5 Å². The van der Waals surface area contributed by atoms with Gasteiger partial charge in [-0.25, -0.2) is 0 Å². The highest BCUT2D eigenvalue weighted by atomic mass is 35.5. The Labute approximate surface area is 113 Å². The first-order chi connectivity index (χ1) is 8.29. The van der Waals surface area contributed by atoms with Gasteiger partial charge >= 0.3 is 0 Å². The summed E-state index contributed by atoms with van der Waals surface area (Å²) in [6.45, 7) is 2.61. The largest absolute Gasteiger partial charge is 0.494 e. The average Bonchev–Trinajstić information content (AvgIpc) is 2.35. The zero-order chi connectivity index (χ0) is 12.1. The number of hydrogen-bond donors (Lipinski definition) is 1. The number of hydrogen-bond acceptors (Lipinski definition) is 3. The van der Waals surface area contributed by atoms with Crippen LogP contribution in [0.1, 0.15) is 6.92 Å². The van der Waals surface area contributed by atoms with Crippen molar-refractivity contribution in [2.45, 2.75) is 6.92 Å². The third-order valence-corrected chi connectivity index (χ3v) is 2.28. The normalized spacial score (nSPS) is 9.39. The van der Waals surface area contributed by atoms with E-state index in [2.05, 4.69) is 0 Å². The molecule has 2 aromatic carbocycles. The molecule has 2 N–H and O–H groups in total. The van der Waals surface area contributed by atoms with E-state index in [1.165, 1.54) is 0 Å². The number of anilines is 1. The Morgan fingerprint density at radius 1 is 0.944 bits per heavy atom. The van der Waals surface area contributed by atoms with Crippen LogP contribution in [0.3, 0.4) is 0 Å². The van der Waals surface area contributed by atoms with Crippen LogP contribution in [0.5, 0.6) is 17.2 Å². The first-order valence-corrected chi connectivity index (χ1v) is 5.55. The SMILES string of the molecule is CCOc1ccc(Oc2ccccc2N)cc1.Cl. The van der Waals surface area contributed by atoms with Gasteiger partial charge in [0, 0.05) is 0 Å². The number of ether oxygens (including phenoxy) is 2. The highest BCUT2D eigenvalue weighted by Crippen LogP contribution is 2.27. The molecule has 2 aromatic rings. The molecule has 96 valence electrons. The van der Waals surface area contributed by atoms with Crippen LogP contribution in [0, 0.1) is 0 Å². The van der Waals surface area contributed by atoms with Crippen LogP contribution < -0.4 is 15.2 Å². The number of rotatable bonds is 4. The van der Waals surface area contributed by atoms with Crippen LogP contribution in [0.4, 0.5) is 5.69 Å². The summed E-state index contributed by atoms with van der Waals surface area (Å²) in [5.41, 5.74) is 6.42. The maximum Gasteiger partial charge on any atom is 0.150 e. The Kier molecular flexibility index (Phi) is 5.33. The topological polar surface area (TPSA) is 44.5 Å². The zero-order valence-electron chi connectivity index (χ0n) is 10.1. The predicted octanol–water partition coefficient (Wildman–Crippen LogP) is 3.88. The molecule has 0 heterocycles. The Balaban J connectivity index is 0.00000162. The van der Waals surface area contributed by atoms with Crippen molar-refractivity contribution in [2.24, 2.45) is 0 Å². The maximum absolute atomic E-state index is 5.80. The lowest BCUT2D eigenvalue weighted by Crippen LogP contribution is -1.93. The molecule has 18 heavy (non-hydrogen) atoms. The van der Waals surface area contributed by atoms with Crippen molar-refractivity contribution in [3.8, 4) is 17.2 Å². The predicted molar refractivity (Wildman–Crippen MR) is 75.8 cm³/mol. The fourth-order valence-corrected chi connectivity index (χ4v) is 1.47. The molecule has 2 rings (SSSR count). The molecule has 0 atom stereocenters. The summed E-state index contributed by atoms with van der Waals surface area (Å²) in [4.78, 5) is 0. The molecule has 0 unspecified atom stereocenters. The summed E-state index contributed by atoms with van der Waals surface area (Å²) in [6.07, 6.45) is 0. The second-order valence-electron chi connectivity index (χ2n) is 3.54. The van der Waals surface area contributed by atoms with Crippen LogP contribution in [0.2, 0.25) is 0 Å². The van der Waals surface area contributed by atoms with E-state index >= 15 is 0 Å². The molecular formula is C14H16ClNO2. The molecule has 0 aliphatic heterocycles.